The van der Waals surface area contributed by atoms with E-state index in [1.54, 1.807) is 0 Å². The molecule has 0 aliphatic carbocycles. The predicted octanol–water partition coefficient (Wildman–Crippen LogP) is -0.243. The Balaban J connectivity index is 3.44. The standard InChI is InChI=1S/C7H16N4S/c1-5(12)6(8)3-2-4-11-7(9)10/h6H,2-4,8H2,1H3,(H4,9,10,11)/t6-/m0/s1. The smallest absolute Gasteiger partial charge is 0.185 e. The van der Waals surface area contributed by atoms with Gasteiger partial charge in [-0.1, -0.05) is 12.2 Å². The van der Waals surface area contributed by atoms with Crippen molar-refractivity contribution in [3.63, 3.8) is 0 Å². The van der Waals surface area contributed by atoms with Gasteiger partial charge in [0.2, 0.25) is 0 Å². The number of hydrogen-bond donors (Lipinski definition) is 3. The van der Waals surface area contributed by atoms with Crippen LogP contribution in [-0.2, 0) is 0 Å². The highest BCUT2D eigenvalue weighted by atomic mass is 32.1. The largest absolute Gasteiger partial charge is 0.370 e. The summed E-state index contributed by atoms with van der Waals surface area (Å²) in [6.07, 6.45) is 1.71. The lowest BCUT2D eigenvalue weighted by Gasteiger charge is -2.07. The van der Waals surface area contributed by atoms with Crippen molar-refractivity contribution in [2.24, 2.45) is 22.2 Å². The van der Waals surface area contributed by atoms with Crippen LogP contribution < -0.4 is 17.2 Å². The number of nitrogens with zero attached hydrogens (tertiary/aromatic N) is 1. The lowest BCUT2D eigenvalue weighted by molar-refractivity contribution is 0.700. The van der Waals surface area contributed by atoms with Gasteiger partial charge < -0.3 is 17.2 Å². The van der Waals surface area contributed by atoms with Gasteiger partial charge in [-0.25, -0.2) is 0 Å². The molecule has 0 saturated heterocycles. The Labute approximate surface area is 78.2 Å². The summed E-state index contributed by atoms with van der Waals surface area (Å²) in [7, 11) is 0. The van der Waals surface area contributed by atoms with Crippen molar-refractivity contribution in [2.45, 2.75) is 25.8 Å². The number of aliphatic imine (C=N–C) groups is 1. The van der Waals surface area contributed by atoms with Crippen molar-refractivity contribution >= 4 is 23.0 Å². The average molecular weight is 188 g/mol. The first-order valence-corrected chi connectivity index (χ1v) is 4.26. The van der Waals surface area contributed by atoms with E-state index in [1.807, 2.05) is 6.92 Å². The summed E-state index contributed by atoms with van der Waals surface area (Å²) < 4.78 is 0. The molecule has 5 heteroatoms. The van der Waals surface area contributed by atoms with Crippen LogP contribution in [0.3, 0.4) is 0 Å². The molecule has 0 rings (SSSR count). The molecule has 70 valence electrons. The molecule has 0 radical (unpaired) electrons. The Bertz CT molecular complexity index is 174. The number of rotatable bonds is 5. The van der Waals surface area contributed by atoms with Crippen LogP contribution in [0, 0.1) is 0 Å². The lowest BCUT2D eigenvalue weighted by atomic mass is 10.1. The zero-order valence-electron chi connectivity index (χ0n) is 7.29. The van der Waals surface area contributed by atoms with Crippen molar-refractivity contribution in [1.82, 2.24) is 0 Å². The zero-order valence-corrected chi connectivity index (χ0v) is 8.10. The molecule has 0 saturated carbocycles. The lowest BCUT2D eigenvalue weighted by Crippen LogP contribution is -2.27. The fourth-order valence-corrected chi connectivity index (χ4v) is 0.840. The van der Waals surface area contributed by atoms with Gasteiger partial charge in [0, 0.05) is 17.5 Å². The van der Waals surface area contributed by atoms with Crippen LogP contribution in [0.25, 0.3) is 0 Å². The van der Waals surface area contributed by atoms with E-state index in [2.05, 4.69) is 4.99 Å². The Hall–Kier alpha value is -0.680. The van der Waals surface area contributed by atoms with Crippen molar-refractivity contribution in [1.29, 1.82) is 0 Å². The van der Waals surface area contributed by atoms with Gasteiger partial charge in [0.15, 0.2) is 5.96 Å². The average Bonchev–Trinajstić information content (AvgIpc) is 1.97. The van der Waals surface area contributed by atoms with E-state index < -0.39 is 0 Å². The highest BCUT2D eigenvalue weighted by molar-refractivity contribution is 7.80. The Morgan fingerprint density at radius 3 is 2.50 bits per heavy atom. The first-order chi connectivity index (χ1) is 5.54. The van der Waals surface area contributed by atoms with Gasteiger partial charge in [-0.15, -0.1) is 0 Å². The van der Waals surface area contributed by atoms with Gasteiger partial charge in [0.05, 0.1) is 0 Å². The minimum absolute atomic E-state index is 0.00537. The summed E-state index contributed by atoms with van der Waals surface area (Å²) in [5, 5.41) is 0. The summed E-state index contributed by atoms with van der Waals surface area (Å²) in [5.41, 5.74) is 16.0. The van der Waals surface area contributed by atoms with Crippen LogP contribution in [0.15, 0.2) is 4.99 Å². The second kappa shape index (κ2) is 5.91. The third kappa shape index (κ3) is 6.06. The van der Waals surface area contributed by atoms with Crippen molar-refractivity contribution in [3.05, 3.63) is 0 Å². The van der Waals surface area contributed by atoms with Crippen LogP contribution in [0.5, 0.6) is 0 Å². The quantitative estimate of drug-likeness (QED) is 0.240. The maximum Gasteiger partial charge on any atom is 0.185 e. The molecule has 0 aromatic rings. The third-order valence-corrected chi connectivity index (χ3v) is 1.79. The summed E-state index contributed by atoms with van der Waals surface area (Å²) >= 11 is 4.91. The highest BCUT2D eigenvalue weighted by Gasteiger charge is 2.02. The van der Waals surface area contributed by atoms with E-state index >= 15 is 0 Å². The maximum absolute atomic E-state index is 5.68. The molecule has 0 bridgehead atoms. The third-order valence-electron chi connectivity index (χ3n) is 1.49. The molecule has 12 heavy (non-hydrogen) atoms. The fourth-order valence-electron chi connectivity index (χ4n) is 0.723. The van der Waals surface area contributed by atoms with E-state index in [0.717, 1.165) is 17.7 Å². The second-order valence-corrected chi connectivity index (χ2v) is 3.31. The zero-order chi connectivity index (χ0) is 9.56. The molecule has 1 atom stereocenters. The van der Waals surface area contributed by atoms with Crippen LogP contribution >= 0.6 is 12.2 Å². The van der Waals surface area contributed by atoms with Gasteiger partial charge in [0.25, 0.3) is 0 Å². The number of guanidine groups is 1. The highest BCUT2D eigenvalue weighted by Crippen LogP contribution is 1.97. The van der Waals surface area contributed by atoms with Gasteiger partial charge in [-0.05, 0) is 19.8 Å². The van der Waals surface area contributed by atoms with Gasteiger partial charge in [-0.2, -0.15) is 0 Å². The molecule has 0 amide bonds. The topological polar surface area (TPSA) is 90.4 Å². The monoisotopic (exact) mass is 188 g/mol. The van der Waals surface area contributed by atoms with Crippen LogP contribution in [0.1, 0.15) is 19.8 Å². The summed E-state index contributed by atoms with van der Waals surface area (Å²) in [4.78, 5) is 4.66. The Morgan fingerprint density at radius 1 is 1.50 bits per heavy atom. The summed E-state index contributed by atoms with van der Waals surface area (Å²) in [6, 6.07) is -0.00537. The van der Waals surface area contributed by atoms with E-state index in [9.17, 15) is 0 Å². The predicted molar refractivity (Wildman–Crippen MR) is 56.2 cm³/mol. The fraction of sp³-hybridized carbons (Fsp3) is 0.714. The SMILES string of the molecule is CC(=S)[C@@H](N)CCCN=C(N)N. The van der Waals surface area contributed by atoms with E-state index in [4.69, 9.17) is 29.4 Å². The van der Waals surface area contributed by atoms with Crippen LogP contribution in [-0.4, -0.2) is 23.4 Å². The molecule has 0 unspecified atom stereocenters. The molecule has 0 aliphatic heterocycles. The number of nitrogens with two attached hydrogens (primary N) is 3. The molecule has 6 N–H and O–H groups in total. The first kappa shape index (κ1) is 11.3. The minimum atomic E-state index is -0.00537. The maximum atomic E-state index is 5.68. The van der Waals surface area contributed by atoms with Gasteiger partial charge >= 0.3 is 0 Å². The van der Waals surface area contributed by atoms with Gasteiger partial charge in [0.1, 0.15) is 0 Å². The molecule has 0 aliphatic rings. The first-order valence-electron chi connectivity index (χ1n) is 3.85. The molecule has 0 spiro atoms. The molecule has 0 heterocycles. The van der Waals surface area contributed by atoms with Crippen molar-refractivity contribution in [2.75, 3.05) is 6.54 Å². The Morgan fingerprint density at radius 2 is 2.08 bits per heavy atom. The normalized spacial score (nSPS) is 12.2. The molecule has 0 aromatic carbocycles. The molecule has 0 fully saturated rings. The second-order valence-electron chi connectivity index (χ2n) is 2.67. The number of thiocarbonyl (C=S) groups is 1. The molecular formula is C7H16N4S. The minimum Gasteiger partial charge on any atom is -0.370 e. The van der Waals surface area contributed by atoms with Gasteiger partial charge in [-0.3, -0.25) is 4.99 Å². The van der Waals surface area contributed by atoms with Crippen molar-refractivity contribution < 1.29 is 0 Å². The molecule has 4 nitrogen and oxygen atoms in total. The summed E-state index contributed by atoms with van der Waals surface area (Å²) in [6.45, 7) is 2.47. The number of hydrogen-bond acceptors (Lipinski definition) is 3. The van der Waals surface area contributed by atoms with E-state index in [-0.39, 0.29) is 12.0 Å². The van der Waals surface area contributed by atoms with Crippen molar-refractivity contribution in [3.8, 4) is 0 Å². The van der Waals surface area contributed by atoms with Crippen LogP contribution in [0.2, 0.25) is 0 Å². The van der Waals surface area contributed by atoms with E-state index in [0.29, 0.717) is 6.54 Å². The molecular weight excluding hydrogens is 172 g/mol. The molecule has 0 aromatic heterocycles. The van der Waals surface area contributed by atoms with E-state index in [1.165, 1.54) is 0 Å². The van der Waals surface area contributed by atoms with Crippen LogP contribution in [0.4, 0.5) is 0 Å². The Kier molecular flexibility index (Phi) is 5.57. The summed E-state index contributed by atoms with van der Waals surface area (Å²) in [5.74, 6) is 0.127.